The van der Waals surface area contributed by atoms with Crippen LogP contribution in [-0.2, 0) is 14.2 Å². The van der Waals surface area contributed by atoms with Crippen molar-refractivity contribution < 1.29 is 14.2 Å². The molecule has 3 heteroatoms. The number of methoxy groups -OCH3 is 2. The summed E-state index contributed by atoms with van der Waals surface area (Å²) in [6, 6.07) is 0. The van der Waals surface area contributed by atoms with Crippen molar-refractivity contribution in [3.63, 3.8) is 0 Å². The Morgan fingerprint density at radius 1 is 0.941 bits per heavy atom. The number of ether oxygens (including phenoxy) is 3. The number of rotatable bonds is 10. The molecule has 0 saturated heterocycles. The molecule has 0 aromatic heterocycles. The molecule has 8 unspecified atom stereocenters. The fraction of sp³-hybridized carbons (Fsp3) is 0.935. The normalized spacial score (nSPS) is 40.6. The molecule has 8 atom stereocenters. The molecular weight excluding hydrogens is 420 g/mol. The second-order valence-corrected chi connectivity index (χ2v) is 13.4. The maximum Gasteiger partial charge on any atom is 0.180 e. The van der Waals surface area contributed by atoms with E-state index >= 15 is 0 Å². The highest BCUT2D eigenvalue weighted by atomic mass is 16.7. The van der Waals surface area contributed by atoms with Gasteiger partial charge in [0.1, 0.15) is 0 Å². The van der Waals surface area contributed by atoms with Gasteiger partial charge in [-0.2, -0.15) is 0 Å². The standard InChI is InChI=1S/C31H54O3/c1-21(2)9-8-10-22(3)26-13-14-27-25-12-11-23-19-24(34-20-29(32-6)33-7)15-17-30(23,4)28(25)16-18-31(26,27)5/h11,21-22,24-29H,8-10,12-20H2,1-7H3. The highest BCUT2D eigenvalue weighted by Crippen LogP contribution is 2.67. The van der Waals surface area contributed by atoms with E-state index in [0.29, 0.717) is 23.5 Å². The van der Waals surface area contributed by atoms with Gasteiger partial charge in [0.25, 0.3) is 0 Å². The third-order valence-corrected chi connectivity index (χ3v) is 11.3. The van der Waals surface area contributed by atoms with Crippen LogP contribution in [0, 0.1) is 46.3 Å². The van der Waals surface area contributed by atoms with Gasteiger partial charge in [-0.25, -0.2) is 0 Å². The molecule has 3 fully saturated rings. The fourth-order valence-electron chi connectivity index (χ4n) is 9.24. The van der Waals surface area contributed by atoms with E-state index in [1.54, 1.807) is 19.8 Å². The van der Waals surface area contributed by atoms with Crippen molar-refractivity contribution in [2.75, 3.05) is 20.8 Å². The van der Waals surface area contributed by atoms with Gasteiger partial charge in [-0.1, -0.05) is 65.5 Å². The molecule has 0 heterocycles. The predicted molar refractivity (Wildman–Crippen MR) is 141 cm³/mol. The topological polar surface area (TPSA) is 27.7 Å². The lowest BCUT2D eigenvalue weighted by molar-refractivity contribution is -0.156. The first-order valence-corrected chi connectivity index (χ1v) is 14.6. The molecule has 0 N–H and O–H groups in total. The van der Waals surface area contributed by atoms with Gasteiger partial charge in [-0.15, -0.1) is 0 Å². The Kier molecular flexibility index (Phi) is 8.58. The minimum Gasteiger partial charge on any atom is -0.373 e. The van der Waals surface area contributed by atoms with Gasteiger partial charge in [-0.05, 0) is 97.7 Å². The lowest BCUT2D eigenvalue weighted by Gasteiger charge is -2.58. The molecule has 0 aromatic rings. The largest absolute Gasteiger partial charge is 0.373 e. The molecule has 0 aliphatic heterocycles. The highest BCUT2D eigenvalue weighted by molar-refractivity contribution is 5.25. The van der Waals surface area contributed by atoms with Gasteiger partial charge in [0.2, 0.25) is 0 Å². The summed E-state index contributed by atoms with van der Waals surface area (Å²) in [5, 5.41) is 0. The molecule has 4 aliphatic carbocycles. The highest BCUT2D eigenvalue weighted by Gasteiger charge is 2.59. The van der Waals surface area contributed by atoms with E-state index in [0.717, 1.165) is 41.9 Å². The van der Waals surface area contributed by atoms with E-state index in [9.17, 15) is 0 Å². The third-order valence-electron chi connectivity index (χ3n) is 11.3. The van der Waals surface area contributed by atoms with Crippen LogP contribution in [0.25, 0.3) is 0 Å². The molecule has 34 heavy (non-hydrogen) atoms. The zero-order chi connectivity index (χ0) is 24.5. The van der Waals surface area contributed by atoms with Crippen molar-refractivity contribution >= 4 is 0 Å². The predicted octanol–water partition coefficient (Wildman–Crippen LogP) is 8.03. The smallest absolute Gasteiger partial charge is 0.180 e. The molecule has 196 valence electrons. The summed E-state index contributed by atoms with van der Waals surface area (Å²) in [5.74, 6) is 5.42. The minimum absolute atomic E-state index is 0.253. The molecular formula is C31H54O3. The number of allylic oxidation sites excluding steroid dienone is 1. The molecule has 3 nitrogen and oxygen atoms in total. The SMILES string of the molecule is COC(COC1CCC2(C)C(=CCC3C2CCC2(C)C(C(C)CCCC(C)C)CCC32)C1)OC. The van der Waals surface area contributed by atoms with Gasteiger partial charge in [-0.3, -0.25) is 0 Å². The lowest BCUT2D eigenvalue weighted by Crippen LogP contribution is -2.51. The summed E-state index contributed by atoms with van der Waals surface area (Å²) >= 11 is 0. The van der Waals surface area contributed by atoms with Crippen molar-refractivity contribution in [3.8, 4) is 0 Å². The van der Waals surface area contributed by atoms with Crippen molar-refractivity contribution in [1.29, 1.82) is 0 Å². The Hall–Kier alpha value is -0.380. The number of hydrogen-bond acceptors (Lipinski definition) is 3. The van der Waals surface area contributed by atoms with Gasteiger partial charge in [0.05, 0.1) is 12.7 Å². The van der Waals surface area contributed by atoms with Crippen LogP contribution < -0.4 is 0 Å². The van der Waals surface area contributed by atoms with Crippen molar-refractivity contribution in [2.45, 2.75) is 118 Å². The summed E-state index contributed by atoms with van der Waals surface area (Å²) in [6.07, 6.45) is 17.8. The summed E-state index contributed by atoms with van der Waals surface area (Å²) < 4.78 is 16.9. The summed E-state index contributed by atoms with van der Waals surface area (Å²) in [6.45, 7) is 13.2. The van der Waals surface area contributed by atoms with Crippen LogP contribution in [0.1, 0.15) is 105 Å². The fourth-order valence-corrected chi connectivity index (χ4v) is 9.24. The van der Waals surface area contributed by atoms with Crippen molar-refractivity contribution in [2.24, 2.45) is 46.3 Å². The van der Waals surface area contributed by atoms with Gasteiger partial charge >= 0.3 is 0 Å². The van der Waals surface area contributed by atoms with E-state index in [1.165, 1.54) is 64.2 Å². The quantitative estimate of drug-likeness (QED) is 0.237. The lowest BCUT2D eigenvalue weighted by atomic mass is 9.47. The summed E-state index contributed by atoms with van der Waals surface area (Å²) in [4.78, 5) is 0. The zero-order valence-corrected chi connectivity index (χ0v) is 23.4. The van der Waals surface area contributed by atoms with E-state index in [2.05, 4.69) is 40.7 Å². The van der Waals surface area contributed by atoms with E-state index in [1.807, 2.05) is 0 Å². The molecule has 0 amide bonds. The van der Waals surface area contributed by atoms with Crippen LogP contribution >= 0.6 is 0 Å². The summed E-state index contributed by atoms with van der Waals surface area (Å²) in [5.41, 5.74) is 2.68. The van der Waals surface area contributed by atoms with Crippen LogP contribution in [0.4, 0.5) is 0 Å². The van der Waals surface area contributed by atoms with Crippen LogP contribution in [-0.4, -0.2) is 33.2 Å². The van der Waals surface area contributed by atoms with Crippen molar-refractivity contribution in [3.05, 3.63) is 11.6 Å². The Labute approximate surface area is 210 Å². The van der Waals surface area contributed by atoms with Gasteiger partial charge in [0, 0.05) is 14.2 Å². The Bertz CT molecular complexity index is 697. The van der Waals surface area contributed by atoms with E-state index < -0.39 is 0 Å². The molecule has 0 spiro atoms. The molecule has 4 rings (SSSR count). The average molecular weight is 475 g/mol. The van der Waals surface area contributed by atoms with Crippen LogP contribution in [0.5, 0.6) is 0 Å². The Morgan fingerprint density at radius 2 is 1.71 bits per heavy atom. The maximum absolute atomic E-state index is 6.24. The van der Waals surface area contributed by atoms with E-state index in [4.69, 9.17) is 14.2 Å². The van der Waals surface area contributed by atoms with Crippen LogP contribution in [0.3, 0.4) is 0 Å². The molecule has 0 aromatic carbocycles. The van der Waals surface area contributed by atoms with Crippen LogP contribution in [0.15, 0.2) is 11.6 Å². The Balaban J connectivity index is 1.41. The molecule has 4 aliphatic rings. The first kappa shape index (κ1) is 26.7. The average Bonchev–Trinajstić information content (AvgIpc) is 3.16. The first-order chi connectivity index (χ1) is 16.2. The monoisotopic (exact) mass is 474 g/mol. The van der Waals surface area contributed by atoms with Crippen LogP contribution in [0.2, 0.25) is 0 Å². The Morgan fingerprint density at radius 3 is 2.41 bits per heavy atom. The second-order valence-electron chi connectivity index (χ2n) is 13.4. The summed E-state index contributed by atoms with van der Waals surface area (Å²) in [7, 11) is 3.38. The molecule has 3 saturated carbocycles. The molecule has 0 bridgehead atoms. The maximum atomic E-state index is 6.24. The zero-order valence-electron chi connectivity index (χ0n) is 23.4. The number of hydrogen-bond donors (Lipinski definition) is 0. The van der Waals surface area contributed by atoms with Crippen molar-refractivity contribution in [1.82, 2.24) is 0 Å². The van der Waals surface area contributed by atoms with Gasteiger partial charge < -0.3 is 14.2 Å². The van der Waals surface area contributed by atoms with E-state index in [-0.39, 0.29) is 6.29 Å². The first-order valence-electron chi connectivity index (χ1n) is 14.6. The van der Waals surface area contributed by atoms with Gasteiger partial charge in [0.15, 0.2) is 6.29 Å². The third kappa shape index (κ3) is 5.05. The minimum atomic E-state index is -0.253. The second kappa shape index (κ2) is 10.9. The number of fused-ring (bicyclic) bond motifs is 5. The molecule has 0 radical (unpaired) electrons.